The molecule has 10 aromatic rings. The fourth-order valence-electron chi connectivity index (χ4n) is 9.86. The van der Waals surface area contributed by atoms with Gasteiger partial charge in [0.1, 0.15) is 0 Å². The lowest BCUT2D eigenvalue weighted by molar-refractivity contribution is 0.590. The van der Waals surface area contributed by atoms with Gasteiger partial charge in [-0.1, -0.05) is 144 Å². The summed E-state index contributed by atoms with van der Waals surface area (Å²) in [7, 11) is 0. The number of para-hydroxylation sites is 2. The molecule has 3 heterocycles. The number of rotatable bonds is 3. The van der Waals surface area contributed by atoms with Gasteiger partial charge >= 0.3 is 0 Å². The largest absolute Gasteiger partial charge is 0.317 e. The molecule has 4 nitrogen and oxygen atoms in total. The molecular formula is C59H58N4. The molecule has 63 heavy (non-hydrogen) atoms. The smallest absolute Gasteiger partial charge is 0.214 e. The molecule has 0 atom stereocenters. The van der Waals surface area contributed by atoms with Crippen molar-refractivity contribution in [3.8, 4) is 17.1 Å². The second kappa shape index (κ2) is 13.7. The van der Waals surface area contributed by atoms with Crippen molar-refractivity contribution in [3.05, 3.63) is 167 Å². The number of hydrogen-bond acceptors (Lipinski definition) is 0. The van der Waals surface area contributed by atoms with Crippen LogP contribution >= 0.6 is 0 Å². The Bertz CT molecular complexity index is 3390. The Morgan fingerprint density at radius 3 is 1.17 bits per heavy atom. The first-order valence-corrected chi connectivity index (χ1v) is 22.5. The van der Waals surface area contributed by atoms with Gasteiger partial charge in [0.2, 0.25) is 5.69 Å². The molecule has 0 spiro atoms. The summed E-state index contributed by atoms with van der Waals surface area (Å²) < 4.78 is 7.26. The zero-order valence-corrected chi connectivity index (χ0v) is 39.0. The molecule has 4 heteroatoms. The van der Waals surface area contributed by atoms with E-state index in [9.17, 15) is 0 Å². The van der Waals surface area contributed by atoms with Gasteiger partial charge in [-0.15, -0.1) is 0 Å². The van der Waals surface area contributed by atoms with Crippen molar-refractivity contribution in [2.24, 2.45) is 0 Å². The number of nitrogens with zero attached hydrogens (tertiary/aromatic N) is 4. The van der Waals surface area contributed by atoms with Gasteiger partial charge in [0.15, 0.2) is 0 Å². The van der Waals surface area contributed by atoms with Crippen molar-refractivity contribution in [2.75, 3.05) is 0 Å². The van der Waals surface area contributed by atoms with Crippen molar-refractivity contribution in [1.82, 2.24) is 13.7 Å². The van der Waals surface area contributed by atoms with Gasteiger partial charge in [-0.2, -0.15) is 0 Å². The van der Waals surface area contributed by atoms with Crippen molar-refractivity contribution in [1.29, 1.82) is 0 Å². The van der Waals surface area contributed by atoms with Crippen LogP contribution in [0.1, 0.15) is 105 Å². The Balaban J connectivity index is 1.44. The third-order valence-corrected chi connectivity index (χ3v) is 13.5. The van der Waals surface area contributed by atoms with Gasteiger partial charge in [0, 0.05) is 43.7 Å². The third kappa shape index (κ3) is 6.30. The SMILES string of the molecule is [C-]#[N+]c1cc(-n2c3ccc(C(C)(C)C)cc3c3cc(C(C)(C)C)ccc32)c2c3ccccc3n(-c3ccccc3)c2c1-n1c2ccc(C(C)(C)C)cc2c2cc(C(C)(C)C)ccc21. The zero-order valence-electron chi connectivity index (χ0n) is 39.0. The molecule has 3 aromatic heterocycles. The third-order valence-electron chi connectivity index (χ3n) is 13.5. The molecule has 0 saturated heterocycles. The highest BCUT2D eigenvalue weighted by molar-refractivity contribution is 6.21. The summed E-state index contributed by atoms with van der Waals surface area (Å²) in [5.41, 5.74) is 15.2. The second-order valence-corrected chi connectivity index (χ2v) is 21.9. The Morgan fingerprint density at radius 1 is 0.381 bits per heavy atom. The minimum Gasteiger partial charge on any atom is -0.317 e. The van der Waals surface area contributed by atoms with E-state index in [2.05, 4.69) is 235 Å². The summed E-state index contributed by atoms with van der Waals surface area (Å²) >= 11 is 0. The lowest BCUT2D eigenvalue weighted by atomic mass is 9.85. The van der Waals surface area contributed by atoms with E-state index >= 15 is 0 Å². The molecule has 0 fully saturated rings. The van der Waals surface area contributed by atoms with Gasteiger partial charge in [0.25, 0.3) is 0 Å². The standard InChI is InChI=1S/C59H58N4/c1-56(2,3)36-23-27-48-42(31-36)43-32-37(57(4,5)6)24-28-49(43)62(48)52-35-46(60-13)54(55-53(52)41-21-17-18-22-47(41)61(55)40-19-15-14-16-20-40)63-50-29-25-38(58(7,8)9)33-44(50)45-34-39(59(10,11)12)26-30-51(45)63/h14-35H,1-12H3. The molecule has 0 aliphatic heterocycles. The lowest BCUT2D eigenvalue weighted by Gasteiger charge is -2.21. The minimum absolute atomic E-state index is 0.0247. The maximum atomic E-state index is 9.15. The number of benzene rings is 7. The molecule has 0 unspecified atom stereocenters. The fourth-order valence-corrected chi connectivity index (χ4v) is 9.86. The highest BCUT2D eigenvalue weighted by atomic mass is 15.1. The first-order chi connectivity index (χ1) is 29.8. The highest BCUT2D eigenvalue weighted by Crippen LogP contribution is 2.49. The maximum Gasteiger partial charge on any atom is 0.214 e. The Hall–Kier alpha value is -6.57. The molecule has 0 N–H and O–H groups in total. The number of hydrogen-bond donors (Lipinski definition) is 0. The van der Waals surface area contributed by atoms with E-state index in [-0.39, 0.29) is 21.7 Å². The average molecular weight is 823 g/mol. The lowest BCUT2D eigenvalue weighted by Crippen LogP contribution is -2.10. The van der Waals surface area contributed by atoms with Crippen LogP contribution in [0.15, 0.2) is 133 Å². The van der Waals surface area contributed by atoms with Gasteiger partial charge in [-0.25, -0.2) is 4.85 Å². The van der Waals surface area contributed by atoms with Crippen LogP contribution in [0.4, 0.5) is 5.69 Å². The van der Waals surface area contributed by atoms with Crippen molar-refractivity contribution >= 4 is 71.1 Å². The van der Waals surface area contributed by atoms with Crippen LogP contribution in [0.25, 0.3) is 87.3 Å². The molecule has 0 aliphatic carbocycles. The predicted molar refractivity (Wildman–Crippen MR) is 271 cm³/mol. The van der Waals surface area contributed by atoms with E-state index < -0.39 is 0 Å². The van der Waals surface area contributed by atoms with Crippen molar-refractivity contribution < 1.29 is 0 Å². The van der Waals surface area contributed by atoms with Gasteiger partial charge < -0.3 is 13.7 Å². The van der Waals surface area contributed by atoms with E-state index in [4.69, 9.17) is 6.57 Å². The normalized spacial score (nSPS) is 13.1. The van der Waals surface area contributed by atoms with E-state index in [0.717, 1.165) is 60.9 Å². The van der Waals surface area contributed by atoms with E-state index in [1.807, 2.05) is 0 Å². The molecule has 0 amide bonds. The zero-order chi connectivity index (χ0) is 44.5. The topological polar surface area (TPSA) is 19.1 Å². The van der Waals surface area contributed by atoms with Gasteiger partial charge in [0.05, 0.1) is 45.4 Å². The average Bonchev–Trinajstić information content (AvgIpc) is 3.87. The molecule has 10 rings (SSSR count). The summed E-state index contributed by atoms with van der Waals surface area (Å²) in [5, 5.41) is 7.11. The number of fused-ring (bicyclic) bond motifs is 9. The van der Waals surface area contributed by atoms with Crippen LogP contribution in [-0.4, -0.2) is 13.7 Å². The Morgan fingerprint density at radius 2 is 0.762 bits per heavy atom. The van der Waals surface area contributed by atoms with E-state index in [1.165, 1.54) is 43.8 Å². The van der Waals surface area contributed by atoms with Crippen LogP contribution in [0.2, 0.25) is 0 Å². The van der Waals surface area contributed by atoms with Gasteiger partial charge in [-0.3, -0.25) is 0 Å². The molecule has 0 aliphatic rings. The van der Waals surface area contributed by atoms with Crippen molar-refractivity contribution in [2.45, 2.75) is 105 Å². The Kier molecular flexibility index (Phi) is 8.82. The van der Waals surface area contributed by atoms with E-state index in [0.29, 0.717) is 5.69 Å². The van der Waals surface area contributed by atoms with E-state index in [1.54, 1.807) is 0 Å². The maximum absolute atomic E-state index is 9.15. The van der Waals surface area contributed by atoms with Crippen molar-refractivity contribution in [3.63, 3.8) is 0 Å². The second-order valence-electron chi connectivity index (χ2n) is 21.9. The monoisotopic (exact) mass is 822 g/mol. The van der Waals surface area contributed by atoms with Crippen LogP contribution in [-0.2, 0) is 21.7 Å². The van der Waals surface area contributed by atoms with Gasteiger partial charge in [-0.05, 0) is 117 Å². The molecule has 0 bridgehead atoms. The summed E-state index contributed by atoms with van der Waals surface area (Å²) in [6, 6.07) is 49.7. The quantitative estimate of drug-likeness (QED) is 0.158. The van der Waals surface area contributed by atoms with Crippen LogP contribution < -0.4 is 0 Å². The first-order valence-electron chi connectivity index (χ1n) is 22.5. The molecule has 7 aromatic carbocycles. The molecular weight excluding hydrogens is 765 g/mol. The Labute approximate surface area is 372 Å². The molecule has 0 saturated carbocycles. The number of aromatic nitrogens is 3. The minimum atomic E-state index is -0.0375. The summed E-state index contributed by atoms with van der Waals surface area (Å²) in [6.45, 7) is 36.6. The highest BCUT2D eigenvalue weighted by Gasteiger charge is 2.29. The molecule has 0 radical (unpaired) electrons. The summed E-state index contributed by atoms with van der Waals surface area (Å²) in [6.07, 6.45) is 0. The summed E-state index contributed by atoms with van der Waals surface area (Å²) in [4.78, 5) is 4.53. The van der Waals surface area contributed by atoms with Crippen LogP contribution in [0.5, 0.6) is 0 Å². The summed E-state index contributed by atoms with van der Waals surface area (Å²) in [5.74, 6) is 0. The first kappa shape index (κ1) is 40.5. The fraction of sp³-hybridized carbons (Fsp3) is 0.271. The molecule has 314 valence electrons. The predicted octanol–water partition coefficient (Wildman–Crippen LogP) is 16.7. The van der Waals surface area contributed by atoms with Crippen LogP contribution in [0, 0.1) is 6.57 Å². The van der Waals surface area contributed by atoms with Crippen LogP contribution in [0.3, 0.4) is 0 Å².